The van der Waals surface area contributed by atoms with Crippen LogP contribution in [0.1, 0.15) is 15.9 Å². The van der Waals surface area contributed by atoms with Gasteiger partial charge in [0.25, 0.3) is 5.91 Å². The van der Waals surface area contributed by atoms with Crippen molar-refractivity contribution in [2.45, 2.75) is 6.18 Å². The summed E-state index contributed by atoms with van der Waals surface area (Å²) in [5.74, 6) is -0.349. The maximum absolute atomic E-state index is 12.8. The number of methoxy groups -OCH3 is 1. The van der Waals surface area contributed by atoms with Gasteiger partial charge in [-0.15, -0.1) is 0 Å². The second-order valence-corrected chi connectivity index (χ2v) is 9.32. The standard InChI is InChI=1S/C21H24F3N3O4S/c1-31-19-7-5-18(6-8-19)26-10-12-27(13-11-26)32(29,30)14-9-25-20(28)16-3-2-4-17(15-16)21(22,23)24/h2-8,15H,9-14H2,1H3,(H,25,28). The molecule has 0 bridgehead atoms. The Hall–Kier alpha value is -2.79. The number of nitrogens with zero attached hydrogens (tertiary/aromatic N) is 2. The zero-order chi connectivity index (χ0) is 23.4. The first-order chi connectivity index (χ1) is 15.1. The fourth-order valence-corrected chi connectivity index (χ4v) is 4.72. The van der Waals surface area contributed by atoms with Crippen LogP contribution in [0.4, 0.5) is 18.9 Å². The van der Waals surface area contributed by atoms with E-state index in [1.54, 1.807) is 7.11 Å². The molecule has 3 rings (SSSR count). The third kappa shape index (κ3) is 5.92. The monoisotopic (exact) mass is 471 g/mol. The lowest BCUT2D eigenvalue weighted by atomic mass is 10.1. The number of hydrogen-bond donors (Lipinski definition) is 1. The van der Waals surface area contributed by atoms with Crippen molar-refractivity contribution in [3.8, 4) is 5.75 Å². The summed E-state index contributed by atoms with van der Waals surface area (Å²) in [6.07, 6.45) is -4.56. The highest BCUT2D eigenvalue weighted by Crippen LogP contribution is 2.29. The molecule has 2 aromatic carbocycles. The SMILES string of the molecule is COc1ccc(N2CCN(S(=O)(=O)CCNC(=O)c3cccc(C(F)(F)F)c3)CC2)cc1. The van der Waals surface area contributed by atoms with Crippen molar-refractivity contribution in [1.29, 1.82) is 0 Å². The smallest absolute Gasteiger partial charge is 0.416 e. The van der Waals surface area contributed by atoms with Gasteiger partial charge < -0.3 is 15.0 Å². The van der Waals surface area contributed by atoms with Gasteiger partial charge in [0.1, 0.15) is 5.75 Å². The van der Waals surface area contributed by atoms with E-state index in [0.717, 1.165) is 29.6 Å². The first kappa shape index (κ1) is 23.9. The Balaban J connectivity index is 1.50. The molecule has 1 aliphatic heterocycles. The third-order valence-corrected chi connectivity index (χ3v) is 7.04. The minimum atomic E-state index is -4.56. The van der Waals surface area contributed by atoms with Crippen molar-refractivity contribution in [2.24, 2.45) is 0 Å². The number of carbonyl (C=O) groups is 1. The van der Waals surface area contributed by atoms with Crippen LogP contribution >= 0.6 is 0 Å². The van der Waals surface area contributed by atoms with E-state index in [9.17, 15) is 26.4 Å². The molecule has 0 aliphatic carbocycles. The number of halogens is 3. The summed E-state index contributed by atoms with van der Waals surface area (Å²) in [5, 5.41) is 2.38. The molecule has 0 atom stereocenters. The lowest BCUT2D eigenvalue weighted by Gasteiger charge is -2.35. The summed E-state index contributed by atoms with van der Waals surface area (Å²) in [4.78, 5) is 14.2. The van der Waals surface area contributed by atoms with Crippen molar-refractivity contribution in [3.63, 3.8) is 0 Å². The first-order valence-corrected chi connectivity index (χ1v) is 11.5. The van der Waals surface area contributed by atoms with Gasteiger partial charge in [-0.3, -0.25) is 4.79 Å². The molecule has 2 aromatic rings. The van der Waals surface area contributed by atoms with E-state index in [1.807, 2.05) is 24.3 Å². The summed E-state index contributed by atoms with van der Waals surface area (Å²) < 4.78 is 70.1. The molecule has 0 unspecified atom stereocenters. The van der Waals surface area contributed by atoms with Gasteiger partial charge in [0.05, 0.1) is 18.4 Å². The van der Waals surface area contributed by atoms with Crippen LogP contribution in [0.25, 0.3) is 0 Å². The highest BCUT2D eigenvalue weighted by atomic mass is 32.2. The van der Waals surface area contributed by atoms with Gasteiger partial charge in [0, 0.05) is 44.0 Å². The molecule has 0 spiro atoms. The molecule has 0 radical (unpaired) electrons. The van der Waals surface area contributed by atoms with E-state index in [2.05, 4.69) is 10.2 Å². The lowest BCUT2D eigenvalue weighted by Crippen LogP contribution is -2.50. The molecule has 0 aromatic heterocycles. The number of benzene rings is 2. The minimum absolute atomic E-state index is 0.176. The fraction of sp³-hybridized carbons (Fsp3) is 0.381. The number of hydrogen-bond acceptors (Lipinski definition) is 5. The molecule has 174 valence electrons. The number of alkyl halides is 3. The Morgan fingerprint density at radius 1 is 1.06 bits per heavy atom. The maximum Gasteiger partial charge on any atom is 0.416 e. The van der Waals surface area contributed by atoms with Crippen LogP contribution in [0.5, 0.6) is 5.75 Å². The average Bonchev–Trinajstić information content (AvgIpc) is 2.78. The molecule has 1 aliphatic rings. The molecule has 1 amide bonds. The van der Waals surface area contributed by atoms with E-state index < -0.39 is 27.7 Å². The van der Waals surface area contributed by atoms with Crippen molar-refractivity contribution in [2.75, 3.05) is 50.5 Å². The van der Waals surface area contributed by atoms with Gasteiger partial charge in [-0.25, -0.2) is 8.42 Å². The van der Waals surface area contributed by atoms with E-state index in [1.165, 1.54) is 10.4 Å². The molecule has 7 nitrogen and oxygen atoms in total. The third-order valence-electron chi connectivity index (χ3n) is 5.17. The quantitative estimate of drug-likeness (QED) is 0.672. The summed E-state index contributed by atoms with van der Waals surface area (Å²) in [6.45, 7) is 1.44. The number of amides is 1. The second kappa shape index (κ2) is 9.78. The number of rotatable bonds is 7. The molecular formula is C21H24F3N3O4S. The van der Waals surface area contributed by atoms with Gasteiger partial charge in [0.2, 0.25) is 10.0 Å². The number of ether oxygens (including phenoxy) is 1. The minimum Gasteiger partial charge on any atom is -0.497 e. The van der Waals surface area contributed by atoms with Gasteiger partial charge in [-0.1, -0.05) is 6.07 Å². The molecule has 0 saturated carbocycles. The Bertz CT molecular complexity index is 1040. The number of carbonyl (C=O) groups excluding carboxylic acids is 1. The summed E-state index contributed by atoms with van der Waals surface area (Å²) in [7, 11) is -2.03. The zero-order valence-corrected chi connectivity index (χ0v) is 18.2. The predicted molar refractivity (Wildman–Crippen MR) is 114 cm³/mol. The molecule has 1 N–H and O–H groups in total. The first-order valence-electron chi connectivity index (χ1n) is 9.92. The van der Waals surface area contributed by atoms with Gasteiger partial charge in [-0.05, 0) is 42.5 Å². The van der Waals surface area contributed by atoms with E-state index in [-0.39, 0.29) is 17.9 Å². The second-order valence-electron chi connectivity index (χ2n) is 7.23. The average molecular weight is 472 g/mol. The normalized spacial score (nSPS) is 15.4. The fourth-order valence-electron chi connectivity index (χ4n) is 3.38. The van der Waals surface area contributed by atoms with Crippen molar-refractivity contribution in [1.82, 2.24) is 9.62 Å². The summed E-state index contributed by atoms with van der Waals surface area (Å²) >= 11 is 0. The van der Waals surface area contributed by atoms with E-state index in [0.29, 0.717) is 26.2 Å². The van der Waals surface area contributed by atoms with Crippen LogP contribution in [0.2, 0.25) is 0 Å². The van der Waals surface area contributed by atoms with Crippen molar-refractivity contribution >= 4 is 21.6 Å². The number of sulfonamides is 1. The Kier molecular flexibility index (Phi) is 7.29. The molecule has 1 saturated heterocycles. The Morgan fingerprint density at radius 2 is 1.72 bits per heavy atom. The molecule has 11 heteroatoms. The van der Waals surface area contributed by atoms with Crippen LogP contribution in [0.3, 0.4) is 0 Å². The molecular weight excluding hydrogens is 447 g/mol. The highest BCUT2D eigenvalue weighted by molar-refractivity contribution is 7.89. The summed E-state index contributed by atoms with van der Waals surface area (Å²) in [5.41, 5.74) is -0.144. The van der Waals surface area contributed by atoms with Crippen LogP contribution < -0.4 is 15.0 Å². The van der Waals surface area contributed by atoms with Gasteiger partial charge in [-0.2, -0.15) is 17.5 Å². The van der Waals surface area contributed by atoms with Crippen molar-refractivity contribution < 1.29 is 31.1 Å². The Morgan fingerprint density at radius 3 is 2.31 bits per heavy atom. The van der Waals surface area contributed by atoms with Gasteiger partial charge in [0.15, 0.2) is 0 Å². The van der Waals surface area contributed by atoms with E-state index in [4.69, 9.17) is 4.74 Å². The predicted octanol–water partition coefficient (Wildman–Crippen LogP) is 2.60. The van der Waals surface area contributed by atoms with E-state index >= 15 is 0 Å². The topological polar surface area (TPSA) is 79.0 Å². The maximum atomic E-state index is 12.8. The largest absolute Gasteiger partial charge is 0.497 e. The van der Waals surface area contributed by atoms with Crippen LogP contribution in [-0.4, -0.2) is 64.2 Å². The Labute approximate surface area is 184 Å². The molecule has 1 heterocycles. The van der Waals surface area contributed by atoms with Crippen LogP contribution in [0, 0.1) is 0 Å². The summed E-state index contributed by atoms with van der Waals surface area (Å²) in [6, 6.07) is 11.5. The molecule has 1 fully saturated rings. The number of nitrogens with one attached hydrogen (secondary N) is 1. The lowest BCUT2D eigenvalue weighted by molar-refractivity contribution is -0.137. The van der Waals surface area contributed by atoms with Crippen LogP contribution in [-0.2, 0) is 16.2 Å². The van der Waals surface area contributed by atoms with Crippen molar-refractivity contribution in [3.05, 3.63) is 59.7 Å². The van der Waals surface area contributed by atoms with Crippen LogP contribution in [0.15, 0.2) is 48.5 Å². The van der Waals surface area contributed by atoms with Gasteiger partial charge >= 0.3 is 6.18 Å². The number of anilines is 1. The zero-order valence-electron chi connectivity index (χ0n) is 17.4. The molecule has 32 heavy (non-hydrogen) atoms. The number of piperazine rings is 1. The highest BCUT2D eigenvalue weighted by Gasteiger charge is 2.31.